The average Bonchev–Trinajstić information content (AvgIpc) is 2.99. The van der Waals surface area contributed by atoms with Crippen molar-refractivity contribution in [2.24, 2.45) is 0 Å². The van der Waals surface area contributed by atoms with E-state index in [1.165, 1.54) is 16.7 Å². The van der Waals surface area contributed by atoms with Gasteiger partial charge >= 0.3 is 0 Å². The second-order valence-electron chi connectivity index (χ2n) is 22.9. The predicted octanol–water partition coefficient (Wildman–Crippen LogP) is 13.7. The first kappa shape index (κ1) is 49.7. The zero-order valence-corrected chi connectivity index (χ0v) is 45.2. The molecule has 1 fully saturated rings. The lowest BCUT2D eigenvalue weighted by atomic mass is 9.93. The smallest absolute Gasteiger partial charge is 0.192 e. The number of aryl methyl sites for hydroxylation is 1. The lowest BCUT2D eigenvalue weighted by molar-refractivity contribution is -0.130. The molecule has 1 saturated heterocycles. The van der Waals surface area contributed by atoms with Crippen LogP contribution in [-0.4, -0.2) is 75.7 Å². The number of halogens is 1. The minimum absolute atomic E-state index is 0.00612. The van der Waals surface area contributed by atoms with Gasteiger partial charge in [-0.3, -0.25) is 4.90 Å². The number of rotatable bonds is 14. The third-order valence-electron chi connectivity index (χ3n) is 14.0. The molecule has 56 heavy (non-hydrogen) atoms. The topological polar surface area (TPSA) is 52.2 Å². The van der Waals surface area contributed by atoms with Crippen LogP contribution in [0, 0.1) is 6.92 Å². The van der Waals surface area contributed by atoms with Gasteiger partial charge in [0, 0.05) is 29.8 Å². The molecule has 1 heterocycles. The summed E-state index contributed by atoms with van der Waals surface area (Å²) < 4.78 is 31.3. The second-order valence-corrected chi connectivity index (χ2v) is 42.9. The number of benzene rings is 2. The fourth-order valence-electron chi connectivity index (χ4n) is 6.02. The summed E-state index contributed by atoms with van der Waals surface area (Å²) in [6.07, 6.45) is -0.560. The van der Waals surface area contributed by atoms with Crippen LogP contribution >= 0.6 is 15.9 Å². The van der Waals surface area contributed by atoms with Gasteiger partial charge in [0.2, 0.25) is 0 Å². The zero-order chi connectivity index (χ0) is 43.1. The molecular weight excluding hydrogens is 825 g/mol. The number of likely N-dealkylation sites (tertiary alicyclic amines) is 1. The molecule has 0 spiro atoms. The van der Waals surface area contributed by atoms with E-state index in [1.807, 2.05) is 0 Å². The Kier molecular flexibility index (Phi) is 15.8. The summed E-state index contributed by atoms with van der Waals surface area (Å²) in [5, 5.41) is 3.82. The number of anilines is 1. The number of nitrogens with one attached hydrogen (secondary N) is 1. The Balaban J connectivity index is 2.18. The van der Waals surface area contributed by atoms with Gasteiger partial charge in [-0.1, -0.05) is 123 Å². The summed E-state index contributed by atoms with van der Waals surface area (Å²) in [7, 11) is -8.89. The Morgan fingerprint density at radius 2 is 1.07 bits per heavy atom. The van der Waals surface area contributed by atoms with Crippen molar-refractivity contribution in [2.75, 3.05) is 18.5 Å². The Morgan fingerprint density at radius 3 is 1.54 bits per heavy atom. The molecule has 11 heteroatoms. The van der Waals surface area contributed by atoms with Crippen LogP contribution in [0.15, 0.2) is 46.9 Å². The van der Waals surface area contributed by atoms with Crippen LogP contribution in [0.1, 0.15) is 99.8 Å². The summed E-state index contributed by atoms with van der Waals surface area (Å²) in [4.78, 5) is 2.64. The standard InChI is InChI=1S/C45H83BrN2O4Si4/c1-33-26-36(46)28-37(27-33)47-29-34-22-24-35(25-23-34)30-48-31-39(50-54(16,17)43(5,6)7)41(52-56(20,21)45(11,12)13)40(51-55(18,19)44(8,9)10)38(48)32-49-53(14,15)42(2,3)4/h22-28,38-41,47H,29-32H2,1-21H3/t38-,39?,40?,41?/m1/s1. The van der Waals surface area contributed by atoms with E-state index in [4.69, 9.17) is 17.7 Å². The summed E-state index contributed by atoms with van der Waals surface area (Å²) in [6, 6.07) is 15.6. The van der Waals surface area contributed by atoms with Crippen LogP contribution in [0.4, 0.5) is 5.69 Å². The Bertz CT molecular complexity index is 1570. The molecule has 0 bridgehead atoms. The molecule has 2 aromatic rings. The summed E-state index contributed by atoms with van der Waals surface area (Å²) >= 11 is 3.65. The number of piperidine rings is 1. The maximum absolute atomic E-state index is 7.74. The lowest BCUT2D eigenvalue weighted by Crippen LogP contribution is -2.70. The van der Waals surface area contributed by atoms with Gasteiger partial charge in [0.25, 0.3) is 0 Å². The Labute approximate surface area is 357 Å². The first-order chi connectivity index (χ1) is 25.1. The monoisotopic (exact) mass is 906 g/mol. The highest BCUT2D eigenvalue weighted by Crippen LogP contribution is 2.46. The quantitative estimate of drug-likeness (QED) is 0.191. The van der Waals surface area contributed by atoms with Gasteiger partial charge in [-0.25, -0.2) is 0 Å². The predicted molar refractivity (Wildman–Crippen MR) is 256 cm³/mol. The molecule has 1 N–H and O–H groups in total. The molecule has 3 unspecified atom stereocenters. The Hall–Kier alpha value is -0.612. The van der Waals surface area contributed by atoms with E-state index in [0.29, 0.717) is 6.61 Å². The van der Waals surface area contributed by atoms with Gasteiger partial charge in [-0.15, -0.1) is 0 Å². The van der Waals surface area contributed by atoms with Crippen LogP contribution in [-0.2, 0) is 30.8 Å². The molecule has 4 atom stereocenters. The molecule has 0 amide bonds. The molecule has 6 nitrogen and oxygen atoms in total. The maximum atomic E-state index is 7.74. The SMILES string of the molecule is Cc1cc(Br)cc(NCc2ccc(CN3CC(O[Si](C)(C)C(C)(C)C)C(O[Si](C)(C)C(C)(C)C)C(O[Si](C)(C)C(C)(C)C)[C@H]3CO[Si](C)(C)C(C)(C)C)cc2)c1. The summed E-state index contributed by atoms with van der Waals surface area (Å²) in [6.45, 7) is 52.3. The first-order valence-corrected chi connectivity index (χ1v) is 33.5. The molecular formula is C45H83BrN2O4Si4. The van der Waals surface area contributed by atoms with Crippen molar-refractivity contribution in [3.63, 3.8) is 0 Å². The second kappa shape index (κ2) is 17.8. The number of hydrogen-bond donors (Lipinski definition) is 1. The van der Waals surface area contributed by atoms with E-state index in [2.05, 4.69) is 211 Å². The molecule has 0 radical (unpaired) electrons. The summed E-state index contributed by atoms with van der Waals surface area (Å²) in [5.41, 5.74) is 4.89. The van der Waals surface area contributed by atoms with Crippen molar-refractivity contribution in [3.05, 3.63) is 63.6 Å². The highest BCUT2D eigenvalue weighted by atomic mass is 79.9. The van der Waals surface area contributed by atoms with Gasteiger partial charge < -0.3 is 23.0 Å². The van der Waals surface area contributed by atoms with Gasteiger partial charge in [0.1, 0.15) is 0 Å². The molecule has 3 rings (SSSR count). The third-order valence-corrected chi connectivity index (χ3v) is 32.5. The van der Waals surface area contributed by atoms with E-state index in [1.54, 1.807) is 0 Å². The minimum atomic E-state index is -2.30. The molecule has 1 aliphatic rings. The minimum Gasteiger partial charge on any atom is -0.415 e. The largest absolute Gasteiger partial charge is 0.415 e. The summed E-state index contributed by atoms with van der Waals surface area (Å²) in [5.74, 6) is 0. The molecule has 0 aromatic heterocycles. The highest BCUT2D eigenvalue weighted by molar-refractivity contribution is 9.10. The van der Waals surface area contributed by atoms with Crippen molar-refractivity contribution in [1.29, 1.82) is 0 Å². The van der Waals surface area contributed by atoms with Gasteiger partial charge in [-0.2, -0.15) is 0 Å². The van der Waals surface area contributed by atoms with Crippen LogP contribution in [0.25, 0.3) is 0 Å². The van der Waals surface area contributed by atoms with Crippen LogP contribution in [0.5, 0.6) is 0 Å². The molecule has 0 saturated carbocycles. The van der Waals surface area contributed by atoms with Crippen molar-refractivity contribution in [3.8, 4) is 0 Å². The van der Waals surface area contributed by atoms with Crippen LogP contribution in [0.3, 0.4) is 0 Å². The van der Waals surface area contributed by atoms with Crippen molar-refractivity contribution in [2.45, 2.75) is 200 Å². The third kappa shape index (κ3) is 12.7. The van der Waals surface area contributed by atoms with Crippen molar-refractivity contribution < 1.29 is 17.7 Å². The van der Waals surface area contributed by atoms with Gasteiger partial charge in [0.15, 0.2) is 33.3 Å². The highest BCUT2D eigenvalue weighted by Gasteiger charge is 2.55. The molecule has 1 aliphatic heterocycles. The van der Waals surface area contributed by atoms with Crippen LogP contribution in [0.2, 0.25) is 72.5 Å². The van der Waals surface area contributed by atoms with Gasteiger partial charge in [-0.05, 0) is 114 Å². The fraction of sp³-hybridized carbons (Fsp3) is 0.733. The van der Waals surface area contributed by atoms with E-state index < -0.39 is 33.3 Å². The fourth-order valence-corrected chi connectivity index (χ4v) is 11.6. The van der Waals surface area contributed by atoms with Crippen molar-refractivity contribution >= 4 is 54.9 Å². The van der Waals surface area contributed by atoms with Crippen molar-refractivity contribution in [1.82, 2.24) is 4.90 Å². The van der Waals surface area contributed by atoms with E-state index in [0.717, 1.165) is 29.8 Å². The molecule has 2 aromatic carbocycles. The average molecular weight is 908 g/mol. The van der Waals surface area contributed by atoms with E-state index >= 15 is 0 Å². The lowest BCUT2D eigenvalue weighted by Gasteiger charge is -2.56. The van der Waals surface area contributed by atoms with Gasteiger partial charge in [0.05, 0.1) is 31.0 Å². The van der Waals surface area contributed by atoms with E-state index in [9.17, 15) is 0 Å². The first-order valence-electron chi connectivity index (χ1n) is 21.1. The Morgan fingerprint density at radius 1 is 0.625 bits per heavy atom. The van der Waals surface area contributed by atoms with Crippen LogP contribution < -0.4 is 5.32 Å². The number of nitrogens with zero attached hydrogens (tertiary/aromatic N) is 1. The van der Waals surface area contributed by atoms with E-state index in [-0.39, 0.29) is 44.5 Å². The zero-order valence-electron chi connectivity index (χ0n) is 39.6. The molecule has 0 aliphatic carbocycles. The maximum Gasteiger partial charge on any atom is 0.192 e. The number of hydrogen-bond acceptors (Lipinski definition) is 6. The molecule has 320 valence electrons. The normalized spacial score (nSPS) is 21.4.